The van der Waals surface area contributed by atoms with Gasteiger partial charge in [-0.1, -0.05) is 6.92 Å². The van der Waals surface area contributed by atoms with E-state index < -0.39 is 0 Å². The van der Waals surface area contributed by atoms with Crippen molar-refractivity contribution < 1.29 is 9.47 Å². The minimum Gasteiger partial charge on any atom is -0.383 e. The Balaban J connectivity index is 2.77. The van der Waals surface area contributed by atoms with Crippen LogP contribution in [0.2, 0.25) is 0 Å². The lowest BCUT2D eigenvalue weighted by Crippen LogP contribution is -2.39. The Kier molecular flexibility index (Phi) is 8.19. The Labute approximate surface area is 127 Å². The second kappa shape index (κ2) is 9.65. The highest BCUT2D eigenvalue weighted by Crippen LogP contribution is 2.12. The lowest BCUT2D eigenvalue weighted by Gasteiger charge is -2.28. The molecule has 0 aliphatic carbocycles. The minimum absolute atomic E-state index is 0.163. The lowest BCUT2D eigenvalue weighted by atomic mass is 10.1. The van der Waals surface area contributed by atoms with Gasteiger partial charge in [0.25, 0.3) is 0 Å². The number of methoxy groups -OCH3 is 2. The first-order valence-corrected chi connectivity index (χ1v) is 7.43. The van der Waals surface area contributed by atoms with Gasteiger partial charge in [0.2, 0.25) is 5.95 Å². The lowest BCUT2D eigenvalue weighted by molar-refractivity contribution is 0.170. The predicted molar refractivity (Wildman–Crippen MR) is 84.6 cm³/mol. The van der Waals surface area contributed by atoms with Gasteiger partial charge in [0, 0.05) is 39.2 Å². The summed E-state index contributed by atoms with van der Waals surface area (Å²) < 4.78 is 10.4. The molecule has 21 heavy (non-hydrogen) atoms. The molecule has 1 aromatic heterocycles. The standard InChI is InChI=1S/C15H28N4O2/c1-5-14(16)8-13-9-17-15(18-10-13)19(6-7-20-3)12(2)11-21-4/h9-10,12,14H,5-8,11,16H2,1-4H3. The minimum atomic E-state index is 0.163. The van der Waals surface area contributed by atoms with Gasteiger partial charge in [0.1, 0.15) is 0 Å². The van der Waals surface area contributed by atoms with Gasteiger partial charge in [0.15, 0.2) is 0 Å². The molecule has 0 amide bonds. The monoisotopic (exact) mass is 296 g/mol. The summed E-state index contributed by atoms with van der Waals surface area (Å²) >= 11 is 0. The van der Waals surface area contributed by atoms with Crippen molar-refractivity contribution in [2.24, 2.45) is 5.73 Å². The van der Waals surface area contributed by atoms with Gasteiger partial charge in [-0.3, -0.25) is 0 Å². The van der Waals surface area contributed by atoms with E-state index in [1.54, 1.807) is 14.2 Å². The van der Waals surface area contributed by atoms with Gasteiger partial charge >= 0.3 is 0 Å². The molecule has 1 aromatic rings. The van der Waals surface area contributed by atoms with E-state index in [4.69, 9.17) is 15.2 Å². The Morgan fingerprint density at radius 1 is 1.24 bits per heavy atom. The third kappa shape index (κ3) is 5.95. The Bertz CT molecular complexity index is 386. The number of nitrogens with zero attached hydrogens (tertiary/aromatic N) is 3. The second-order valence-electron chi connectivity index (χ2n) is 5.25. The van der Waals surface area contributed by atoms with Crippen molar-refractivity contribution in [1.29, 1.82) is 0 Å². The number of aromatic nitrogens is 2. The number of ether oxygens (including phenoxy) is 2. The van der Waals surface area contributed by atoms with Crippen LogP contribution >= 0.6 is 0 Å². The second-order valence-corrected chi connectivity index (χ2v) is 5.25. The van der Waals surface area contributed by atoms with Crippen molar-refractivity contribution in [3.63, 3.8) is 0 Å². The van der Waals surface area contributed by atoms with Gasteiger partial charge in [-0.05, 0) is 25.3 Å². The Morgan fingerprint density at radius 2 is 1.90 bits per heavy atom. The van der Waals surface area contributed by atoms with Crippen molar-refractivity contribution in [2.45, 2.75) is 38.8 Å². The maximum atomic E-state index is 5.96. The molecule has 0 aliphatic rings. The molecule has 0 aromatic carbocycles. The van der Waals surface area contributed by atoms with Crippen molar-refractivity contribution in [2.75, 3.05) is 38.9 Å². The fourth-order valence-electron chi connectivity index (χ4n) is 2.09. The van der Waals surface area contributed by atoms with E-state index in [0.29, 0.717) is 19.2 Å². The zero-order valence-electron chi connectivity index (χ0n) is 13.6. The van der Waals surface area contributed by atoms with Crippen LogP contribution in [-0.4, -0.2) is 56.0 Å². The molecule has 1 rings (SSSR count). The van der Waals surface area contributed by atoms with Gasteiger partial charge < -0.3 is 20.1 Å². The predicted octanol–water partition coefficient (Wildman–Crippen LogP) is 1.24. The molecule has 0 fully saturated rings. The summed E-state index contributed by atoms with van der Waals surface area (Å²) in [5, 5.41) is 0. The number of hydrogen-bond acceptors (Lipinski definition) is 6. The number of anilines is 1. The number of nitrogens with two attached hydrogens (primary N) is 1. The van der Waals surface area contributed by atoms with Crippen molar-refractivity contribution >= 4 is 5.95 Å². The largest absolute Gasteiger partial charge is 0.383 e. The van der Waals surface area contributed by atoms with Crippen LogP contribution in [0.5, 0.6) is 0 Å². The van der Waals surface area contributed by atoms with Crippen LogP contribution in [0.15, 0.2) is 12.4 Å². The molecule has 2 unspecified atom stereocenters. The molecule has 0 bridgehead atoms. The maximum Gasteiger partial charge on any atom is 0.225 e. The first-order chi connectivity index (χ1) is 10.1. The van der Waals surface area contributed by atoms with Crippen molar-refractivity contribution in [3.8, 4) is 0 Å². The smallest absolute Gasteiger partial charge is 0.225 e. The zero-order valence-corrected chi connectivity index (χ0v) is 13.6. The summed E-state index contributed by atoms with van der Waals surface area (Å²) in [5.74, 6) is 0.699. The van der Waals surface area contributed by atoms with Crippen LogP contribution in [0.25, 0.3) is 0 Å². The normalized spacial score (nSPS) is 14.0. The molecule has 2 atom stereocenters. The SMILES string of the molecule is CCC(N)Cc1cnc(N(CCOC)C(C)COC)nc1. The summed E-state index contributed by atoms with van der Waals surface area (Å²) in [6.45, 7) is 6.15. The summed E-state index contributed by atoms with van der Waals surface area (Å²) in [5.41, 5.74) is 7.03. The molecule has 0 radical (unpaired) electrons. The van der Waals surface area contributed by atoms with Crippen molar-refractivity contribution in [3.05, 3.63) is 18.0 Å². The molecule has 120 valence electrons. The molecule has 0 aliphatic heterocycles. The summed E-state index contributed by atoms with van der Waals surface area (Å²) in [6.07, 6.45) is 5.48. The quantitative estimate of drug-likeness (QED) is 0.700. The molecule has 6 heteroatoms. The van der Waals surface area contributed by atoms with E-state index in [9.17, 15) is 0 Å². The maximum absolute atomic E-state index is 5.96. The molecular weight excluding hydrogens is 268 g/mol. The zero-order chi connectivity index (χ0) is 15.7. The van der Waals surface area contributed by atoms with Crippen LogP contribution in [0.3, 0.4) is 0 Å². The van der Waals surface area contributed by atoms with Gasteiger partial charge in [-0.2, -0.15) is 0 Å². The van der Waals surface area contributed by atoms with Gasteiger partial charge in [0.05, 0.1) is 19.3 Å². The molecule has 1 heterocycles. The van der Waals surface area contributed by atoms with Crippen LogP contribution in [0, 0.1) is 0 Å². The van der Waals surface area contributed by atoms with E-state index >= 15 is 0 Å². The first-order valence-electron chi connectivity index (χ1n) is 7.43. The number of hydrogen-bond donors (Lipinski definition) is 1. The molecule has 2 N–H and O–H groups in total. The highest BCUT2D eigenvalue weighted by molar-refractivity contribution is 5.31. The molecule has 0 saturated carbocycles. The molecule has 0 spiro atoms. The fourth-order valence-corrected chi connectivity index (χ4v) is 2.09. The highest BCUT2D eigenvalue weighted by Gasteiger charge is 2.17. The van der Waals surface area contributed by atoms with Gasteiger partial charge in [-0.15, -0.1) is 0 Å². The fraction of sp³-hybridized carbons (Fsp3) is 0.733. The van der Waals surface area contributed by atoms with E-state index in [0.717, 1.165) is 24.9 Å². The van der Waals surface area contributed by atoms with E-state index in [-0.39, 0.29) is 12.1 Å². The van der Waals surface area contributed by atoms with Gasteiger partial charge in [-0.25, -0.2) is 9.97 Å². The van der Waals surface area contributed by atoms with Crippen LogP contribution in [0.1, 0.15) is 25.8 Å². The summed E-state index contributed by atoms with van der Waals surface area (Å²) in [4.78, 5) is 11.0. The molecule has 6 nitrogen and oxygen atoms in total. The van der Waals surface area contributed by atoms with E-state index in [1.165, 1.54) is 0 Å². The van der Waals surface area contributed by atoms with Crippen molar-refractivity contribution in [1.82, 2.24) is 9.97 Å². The van der Waals surface area contributed by atoms with Crippen LogP contribution in [0.4, 0.5) is 5.95 Å². The average Bonchev–Trinajstić information content (AvgIpc) is 2.49. The molecule has 0 saturated heterocycles. The van der Waals surface area contributed by atoms with Crippen LogP contribution < -0.4 is 10.6 Å². The number of rotatable bonds is 10. The Morgan fingerprint density at radius 3 is 2.43 bits per heavy atom. The average molecular weight is 296 g/mol. The Hall–Kier alpha value is -1.24. The van der Waals surface area contributed by atoms with E-state index in [2.05, 4.69) is 28.7 Å². The van der Waals surface area contributed by atoms with Crippen LogP contribution in [-0.2, 0) is 15.9 Å². The summed E-state index contributed by atoms with van der Waals surface area (Å²) in [6, 6.07) is 0.352. The third-order valence-electron chi connectivity index (χ3n) is 3.45. The summed E-state index contributed by atoms with van der Waals surface area (Å²) in [7, 11) is 3.39. The van der Waals surface area contributed by atoms with E-state index in [1.807, 2.05) is 12.4 Å². The first kappa shape index (κ1) is 17.8. The third-order valence-corrected chi connectivity index (χ3v) is 3.45. The highest BCUT2D eigenvalue weighted by atomic mass is 16.5. The topological polar surface area (TPSA) is 73.5 Å². The molecular formula is C15H28N4O2.